The van der Waals surface area contributed by atoms with E-state index in [0.717, 1.165) is 17.8 Å². The molecule has 5 heteroatoms. The van der Waals surface area contributed by atoms with Gasteiger partial charge in [-0.3, -0.25) is 0 Å². The summed E-state index contributed by atoms with van der Waals surface area (Å²) in [5.74, 6) is 0.571. The molecule has 0 amide bonds. The van der Waals surface area contributed by atoms with Crippen LogP contribution >= 0.6 is 0 Å². The van der Waals surface area contributed by atoms with Crippen LogP contribution in [0.3, 0.4) is 0 Å². The van der Waals surface area contributed by atoms with E-state index in [9.17, 15) is 5.11 Å². The number of nitrogens with zero attached hydrogens (tertiary/aromatic N) is 2. The molecule has 0 radical (unpaired) electrons. The van der Waals surface area contributed by atoms with E-state index in [0.29, 0.717) is 12.4 Å². The monoisotopic (exact) mass is 237 g/mol. The van der Waals surface area contributed by atoms with Gasteiger partial charge in [0, 0.05) is 25.1 Å². The summed E-state index contributed by atoms with van der Waals surface area (Å²) < 4.78 is 5.06. The fourth-order valence-electron chi connectivity index (χ4n) is 1.62. The van der Waals surface area contributed by atoms with Crippen molar-refractivity contribution in [2.45, 2.75) is 19.6 Å². The largest absolute Gasteiger partial charge is 0.378 e. The maximum Gasteiger partial charge on any atom is 0.137 e. The summed E-state index contributed by atoms with van der Waals surface area (Å²) >= 11 is 0. The molecular weight excluding hydrogens is 218 g/mol. The smallest absolute Gasteiger partial charge is 0.137 e. The number of hydrogen-bond acceptors (Lipinski definition) is 5. The van der Waals surface area contributed by atoms with Crippen LogP contribution in [0.1, 0.15) is 13.3 Å². The van der Waals surface area contributed by atoms with Crippen LogP contribution in [0.25, 0.3) is 0 Å². The lowest BCUT2D eigenvalue weighted by molar-refractivity contribution is 0.228. The van der Waals surface area contributed by atoms with Crippen LogP contribution in [0.5, 0.6) is 0 Å². The molecule has 3 N–H and O–H groups in total. The predicted molar refractivity (Wildman–Crippen MR) is 68.0 cm³/mol. The molecule has 1 rings (SSSR count). The Morgan fingerprint density at radius 3 is 2.88 bits per heavy atom. The van der Waals surface area contributed by atoms with Crippen molar-refractivity contribution in [1.82, 2.24) is 4.90 Å². The van der Waals surface area contributed by atoms with Gasteiger partial charge in [0.1, 0.15) is 12.0 Å². The van der Waals surface area contributed by atoms with Crippen molar-refractivity contribution in [1.29, 1.82) is 0 Å². The molecule has 94 valence electrons. The Morgan fingerprint density at radius 2 is 2.41 bits per heavy atom. The zero-order valence-corrected chi connectivity index (χ0v) is 10.3. The second-order valence-corrected chi connectivity index (χ2v) is 3.59. The molecular formula is C12H19N3O2. The van der Waals surface area contributed by atoms with Crippen LogP contribution in [0.2, 0.25) is 0 Å². The van der Waals surface area contributed by atoms with Crippen LogP contribution in [0, 0.1) is 0 Å². The maximum atomic E-state index is 9.21. The lowest BCUT2D eigenvalue weighted by atomic mass is 10.2. The molecule has 17 heavy (non-hydrogen) atoms. The molecule has 5 nitrogen and oxygen atoms in total. The highest BCUT2D eigenvalue weighted by atomic mass is 16.5. The third kappa shape index (κ3) is 3.52. The Labute approximate surface area is 102 Å². The SMILES string of the molecule is C=CN1C(CC)=CC(COC)=N/C1=C\C(N)O. The first-order valence-corrected chi connectivity index (χ1v) is 5.46. The van der Waals surface area contributed by atoms with Gasteiger partial charge in [-0.25, -0.2) is 4.99 Å². The number of ether oxygens (including phenoxy) is 1. The first-order chi connectivity index (χ1) is 8.12. The van der Waals surface area contributed by atoms with Gasteiger partial charge in [0.05, 0.1) is 12.3 Å². The first kappa shape index (κ1) is 13.6. The third-order valence-electron chi connectivity index (χ3n) is 2.30. The summed E-state index contributed by atoms with van der Waals surface area (Å²) in [6, 6.07) is 0. The Balaban J connectivity index is 3.09. The average molecular weight is 237 g/mol. The molecule has 0 bridgehead atoms. The lowest BCUT2D eigenvalue weighted by Gasteiger charge is -2.27. The maximum absolute atomic E-state index is 9.21. The fraction of sp³-hybridized carbons (Fsp3) is 0.417. The van der Waals surface area contributed by atoms with Gasteiger partial charge in [0.15, 0.2) is 0 Å². The number of aliphatic hydroxyl groups excluding tert-OH is 1. The van der Waals surface area contributed by atoms with Crippen molar-refractivity contribution in [3.63, 3.8) is 0 Å². The van der Waals surface area contributed by atoms with Gasteiger partial charge >= 0.3 is 0 Å². The van der Waals surface area contributed by atoms with E-state index in [1.165, 1.54) is 6.08 Å². The van der Waals surface area contributed by atoms with E-state index < -0.39 is 6.23 Å². The zero-order chi connectivity index (χ0) is 12.8. The molecule has 0 aromatic rings. The second kappa shape index (κ2) is 6.34. The summed E-state index contributed by atoms with van der Waals surface area (Å²) in [5.41, 5.74) is 7.18. The van der Waals surface area contributed by atoms with Gasteiger partial charge < -0.3 is 20.5 Å². The molecule has 0 fully saturated rings. The molecule has 0 aromatic carbocycles. The zero-order valence-electron chi connectivity index (χ0n) is 10.3. The summed E-state index contributed by atoms with van der Waals surface area (Å²) in [6.07, 6.45) is 4.85. The lowest BCUT2D eigenvalue weighted by Crippen LogP contribution is -2.25. The molecule has 0 saturated carbocycles. The third-order valence-corrected chi connectivity index (χ3v) is 2.30. The molecule has 0 spiro atoms. The first-order valence-electron chi connectivity index (χ1n) is 5.46. The molecule has 0 saturated heterocycles. The van der Waals surface area contributed by atoms with E-state index in [4.69, 9.17) is 10.5 Å². The van der Waals surface area contributed by atoms with Gasteiger partial charge in [-0.05, 0) is 12.5 Å². The van der Waals surface area contributed by atoms with Gasteiger partial charge in [-0.2, -0.15) is 0 Å². The van der Waals surface area contributed by atoms with E-state index in [2.05, 4.69) is 11.6 Å². The van der Waals surface area contributed by atoms with E-state index in [-0.39, 0.29) is 0 Å². The van der Waals surface area contributed by atoms with Crippen LogP contribution in [0.15, 0.2) is 41.4 Å². The number of allylic oxidation sites excluding steroid dienone is 1. The summed E-state index contributed by atoms with van der Waals surface area (Å²) in [5, 5.41) is 9.21. The molecule has 1 unspecified atom stereocenters. The molecule has 1 heterocycles. The minimum atomic E-state index is -1.05. The Hall–Kier alpha value is -1.43. The number of aliphatic hydroxyl groups is 1. The highest BCUT2D eigenvalue weighted by Crippen LogP contribution is 2.22. The Kier molecular flexibility index (Phi) is 5.09. The minimum absolute atomic E-state index is 0.423. The van der Waals surface area contributed by atoms with Gasteiger partial charge in [0.25, 0.3) is 0 Å². The van der Waals surface area contributed by atoms with Crippen molar-refractivity contribution in [2.24, 2.45) is 10.7 Å². The van der Waals surface area contributed by atoms with Gasteiger partial charge in [-0.1, -0.05) is 13.5 Å². The van der Waals surface area contributed by atoms with Gasteiger partial charge in [-0.15, -0.1) is 0 Å². The summed E-state index contributed by atoms with van der Waals surface area (Å²) in [6.45, 7) is 6.19. The highest BCUT2D eigenvalue weighted by Gasteiger charge is 2.17. The summed E-state index contributed by atoms with van der Waals surface area (Å²) in [7, 11) is 1.61. The van der Waals surface area contributed by atoms with E-state index >= 15 is 0 Å². The molecule has 1 atom stereocenters. The van der Waals surface area contributed by atoms with Crippen molar-refractivity contribution in [3.05, 3.63) is 36.4 Å². The average Bonchev–Trinajstić information content (AvgIpc) is 2.28. The Bertz CT molecular complexity index is 370. The number of aliphatic imine (C=N–C) groups is 1. The fourth-order valence-corrected chi connectivity index (χ4v) is 1.62. The van der Waals surface area contributed by atoms with E-state index in [1.807, 2.05) is 13.0 Å². The topological polar surface area (TPSA) is 71.1 Å². The number of rotatable bonds is 5. The van der Waals surface area contributed by atoms with Crippen molar-refractivity contribution < 1.29 is 9.84 Å². The number of methoxy groups -OCH3 is 1. The highest BCUT2D eigenvalue weighted by molar-refractivity contribution is 5.98. The molecule has 1 aliphatic rings. The number of nitrogens with two attached hydrogens (primary N) is 1. The van der Waals surface area contributed by atoms with Crippen LogP contribution in [-0.4, -0.2) is 35.7 Å². The van der Waals surface area contributed by atoms with Gasteiger partial charge in [0.2, 0.25) is 0 Å². The normalized spacial score (nSPS) is 20.0. The standard InChI is InChI=1S/C12H19N3O2/c1-4-10-6-9(8-17-3)14-12(7-11(13)16)15(10)5-2/h5-7,11,16H,2,4,8,13H2,1,3H3/b12-7+. The minimum Gasteiger partial charge on any atom is -0.378 e. The quantitative estimate of drug-likeness (QED) is 0.698. The number of hydrogen-bond donors (Lipinski definition) is 2. The van der Waals surface area contributed by atoms with Crippen molar-refractivity contribution >= 4 is 5.71 Å². The van der Waals surface area contributed by atoms with Crippen LogP contribution < -0.4 is 5.73 Å². The predicted octanol–water partition coefficient (Wildman–Crippen LogP) is 0.945. The second-order valence-electron chi connectivity index (χ2n) is 3.59. The van der Waals surface area contributed by atoms with E-state index in [1.54, 1.807) is 18.2 Å². The Morgan fingerprint density at radius 1 is 1.71 bits per heavy atom. The molecule has 0 aromatic heterocycles. The summed E-state index contributed by atoms with van der Waals surface area (Å²) in [4.78, 5) is 6.15. The molecule has 1 aliphatic heterocycles. The van der Waals surface area contributed by atoms with Crippen LogP contribution in [-0.2, 0) is 4.74 Å². The van der Waals surface area contributed by atoms with Crippen LogP contribution in [0.4, 0.5) is 0 Å². The molecule has 0 aliphatic carbocycles. The van der Waals surface area contributed by atoms with Crippen molar-refractivity contribution in [2.75, 3.05) is 13.7 Å². The van der Waals surface area contributed by atoms with Crippen molar-refractivity contribution in [3.8, 4) is 0 Å².